The number of benzene rings is 1. The van der Waals surface area contributed by atoms with E-state index in [9.17, 15) is 0 Å². The standard InChI is InChI=1S/C17H27NO/c1-12(2)14-7-6-13(3)15(8-14)17(10-19-11-17)16(4,5)9-18/h6-8,12H,9-11,18H2,1-5H3. The third-order valence-electron chi connectivity index (χ3n) is 4.95. The van der Waals surface area contributed by atoms with Gasteiger partial charge in [-0.2, -0.15) is 0 Å². The van der Waals surface area contributed by atoms with Crippen molar-refractivity contribution in [2.75, 3.05) is 19.8 Å². The molecule has 19 heavy (non-hydrogen) atoms. The monoisotopic (exact) mass is 261 g/mol. The predicted molar refractivity (Wildman–Crippen MR) is 80.6 cm³/mol. The van der Waals surface area contributed by atoms with E-state index in [4.69, 9.17) is 10.5 Å². The minimum absolute atomic E-state index is 0.0611. The summed E-state index contributed by atoms with van der Waals surface area (Å²) in [5.74, 6) is 0.554. The zero-order valence-corrected chi connectivity index (χ0v) is 12.9. The van der Waals surface area contributed by atoms with Crippen molar-refractivity contribution >= 4 is 0 Å². The molecule has 0 aliphatic carbocycles. The lowest BCUT2D eigenvalue weighted by Gasteiger charge is -2.53. The van der Waals surface area contributed by atoms with Crippen molar-refractivity contribution in [1.29, 1.82) is 0 Å². The summed E-state index contributed by atoms with van der Waals surface area (Å²) in [4.78, 5) is 0. The molecule has 0 bridgehead atoms. The summed E-state index contributed by atoms with van der Waals surface area (Å²) in [6.45, 7) is 13.5. The molecule has 0 spiro atoms. The molecule has 0 aromatic heterocycles. The van der Waals surface area contributed by atoms with Gasteiger partial charge in [0, 0.05) is 5.41 Å². The molecular formula is C17H27NO. The quantitative estimate of drug-likeness (QED) is 0.902. The predicted octanol–water partition coefficient (Wildman–Crippen LogP) is 3.37. The van der Waals surface area contributed by atoms with Gasteiger partial charge in [0.25, 0.3) is 0 Å². The number of rotatable bonds is 4. The van der Waals surface area contributed by atoms with E-state index in [1.54, 1.807) is 0 Å². The maximum Gasteiger partial charge on any atom is 0.0591 e. The lowest BCUT2D eigenvalue weighted by Crippen LogP contribution is -2.59. The lowest BCUT2D eigenvalue weighted by molar-refractivity contribution is -0.116. The summed E-state index contributed by atoms with van der Waals surface area (Å²) in [6, 6.07) is 6.86. The van der Waals surface area contributed by atoms with E-state index in [0.29, 0.717) is 12.5 Å². The highest BCUT2D eigenvalue weighted by atomic mass is 16.5. The Labute approximate surface area is 117 Å². The van der Waals surface area contributed by atoms with E-state index in [0.717, 1.165) is 13.2 Å². The third-order valence-corrected chi connectivity index (χ3v) is 4.95. The van der Waals surface area contributed by atoms with Gasteiger partial charge < -0.3 is 10.5 Å². The molecule has 2 N–H and O–H groups in total. The molecule has 1 aliphatic heterocycles. The SMILES string of the molecule is Cc1ccc(C(C)C)cc1C1(C(C)(C)CN)COC1. The van der Waals surface area contributed by atoms with Crippen LogP contribution in [0.15, 0.2) is 18.2 Å². The Morgan fingerprint density at radius 1 is 1.32 bits per heavy atom. The zero-order chi connectivity index (χ0) is 14.3. The van der Waals surface area contributed by atoms with Gasteiger partial charge in [-0.25, -0.2) is 0 Å². The summed E-state index contributed by atoms with van der Waals surface area (Å²) >= 11 is 0. The van der Waals surface area contributed by atoms with Gasteiger partial charge in [0.2, 0.25) is 0 Å². The average Bonchev–Trinajstić information content (AvgIpc) is 2.29. The minimum Gasteiger partial charge on any atom is -0.379 e. The molecular weight excluding hydrogens is 234 g/mol. The van der Waals surface area contributed by atoms with Gasteiger partial charge in [0.15, 0.2) is 0 Å². The molecule has 1 fully saturated rings. The van der Waals surface area contributed by atoms with Crippen LogP contribution in [0.1, 0.15) is 50.3 Å². The molecule has 106 valence electrons. The highest BCUT2D eigenvalue weighted by molar-refractivity contribution is 5.41. The lowest BCUT2D eigenvalue weighted by atomic mass is 9.59. The molecule has 1 aromatic carbocycles. The van der Waals surface area contributed by atoms with Crippen LogP contribution in [-0.4, -0.2) is 19.8 Å². The Bertz CT molecular complexity index is 458. The van der Waals surface area contributed by atoms with Crippen LogP contribution in [0.3, 0.4) is 0 Å². The maximum absolute atomic E-state index is 6.03. The normalized spacial score (nSPS) is 18.5. The second-order valence-electron chi connectivity index (χ2n) is 6.89. The van der Waals surface area contributed by atoms with Crippen LogP contribution in [0.4, 0.5) is 0 Å². The van der Waals surface area contributed by atoms with Gasteiger partial charge in [0.1, 0.15) is 0 Å². The van der Waals surface area contributed by atoms with E-state index in [-0.39, 0.29) is 10.8 Å². The minimum atomic E-state index is 0.0611. The van der Waals surface area contributed by atoms with E-state index in [1.807, 2.05) is 0 Å². The summed E-state index contributed by atoms with van der Waals surface area (Å²) in [7, 11) is 0. The van der Waals surface area contributed by atoms with Crippen molar-refractivity contribution in [3.8, 4) is 0 Å². The van der Waals surface area contributed by atoms with Crippen molar-refractivity contribution < 1.29 is 4.74 Å². The van der Waals surface area contributed by atoms with Gasteiger partial charge in [-0.1, -0.05) is 45.9 Å². The Balaban J connectivity index is 2.52. The van der Waals surface area contributed by atoms with E-state index in [2.05, 4.69) is 52.8 Å². The summed E-state index contributed by atoms with van der Waals surface area (Å²) in [5.41, 5.74) is 10.4. The molecule has 2 nitrogen and oxygen atoms in total. The van der Waals surface area contributed by atoms with Crippen LogP contribution in [0.25, 0.3) is 0 Å². The topological polar surface area (TPSA) is 35.2 Å². The molecule has 1 heterocycles. The fourth-order valence-electron chi connectivity index (χ4n) is 2.93. The van der Waals surface area contributed by atoms with Crippen LogP contribution in [0.5, 0.6) is 0 Å². The van der Waals surface area contributed by atoms with Gasteiger partial charge in [0.05, 0.1) is 13.2 Å². The average molecular weight is 261 g/mol. The first-order chi connectivity index (χ1) is 8.84. The first-order valence-electron chi connectivity index (χ1n) is 7.23. The fourth-order valence-corrected chi connectivity index (χ4v) is 2.93. The van der Waals surface area contributed by atoms with Crippen LogP contribution < -0.4 is 5.73 Å². The number of hydrogen-bond donors (Lipinski definition) is 1. The Kier molecular flexibility index (Phi) is 3.76. The second kappa shape index (κ2) is 4.92. The largest absolute Gasteiger partial charge is 0.379 e. The number of ether oxygens (including phenoxy) is 1. The second-order valence-corrected chi connectivity index (χ2v) is 6.89. The number of aryl methyl sites for hydroxylation is 1. The molecule has 0 unspecified atom stereocenters. The van der Waals surface area contributed by atoms with Crippen molar-refractivity contribution in [1.82, 2.24) is 0 Å². The zero-order valence-electron chi connectivity index (χ0n) is 12.9. The van der Waals surface area contributed by atoms with E-state index in [1.165, 1.54) is 16.7 Å². The number of hydrogen-bond acceptors (Lipinski definition) is 2. The van der Waals surface area contributed by atoms with Gasteiger partial charge in [-0.05, 0) is 41.5 Å². The smallest absolute Gasteiger partial charge is 0.0591 e. The molecule has 2 rings (SSSR count). The maximum atomic E-state index is 6.03. The van der Waals surface area contributed by atoms with Crippen LogP contribution in [0.2, 0.25) is 0 Å². The summed E-state index contributed by atoms with van der Waals surface area (Å²) < 4.78 is 5.58. The molecule has 1 aromatic rings. The van der Waals surface area contributed by atoms with Gasteiger partial charge in [-0.3, -0.25) is 0 Å². The van der Waals surface area contributed by atoms with Gasteiger partial charge >= 0.3 is 0 Å². The number of nitrogens with two attached hydrogens (primary N) is 1. The first kappa shape index (κ1) is 14.5. The van der Waals surface area contributed by atoms with Crippen LogP contribution >= 0.6 is 0 Å². The van der Waals surface area contributed by atoms with E-state index < -0.39 is 0 Å². The highest BCUT2D eigenvalue weighted by Crippen LogP contribution is 2.48. The summed E-state index contributed by atoms with van der Waals surface area (Å²) in [5, 5.41) is 0. The molecule has 0 amide bonds. The summed E-state index contributed by atoms with van der Waals surface area (Å²) in [6.07, 6.45) is 0. The molecule has 0 radical (unpaired) electrons. The van der Waals surface area contributed by atoms with Crippen LogP contribution in [-0.2, 0) is 10.2 Å². The Morgan fingerprint density at radius 2 is 1.95 bits per heavy atom. The molecule has 2 heteroatoms. The molecule has 1 aliphatic rings. The first-order valence-corrected chi connectivity index (χ1v) is 7.23. The Hall–Kier alpha value is -0.860. The fraction of sp³-hybridized carbons (Fsp3) is 0.647. The molecule has 0 saturated carbocycles. The highest BCUT2D eigenvalue weighted by Gasteiger charge is 2.52. The third kappa shape index (κ3) is 2.21. The van der Waals surface area contributed by atoms with Crippen molar-refractivity contribution in [3.63, 3.8) is 0 Å². The van der Waals surface area contributed by atoms with Gasteiger partial charge in [-0.15, -0.1) is 0 Å². The molecule has 0 atom stereocenters. The van der Waals surface area contributed by atoms with Crippen LogP contribution in [0, 0.1) is 12.3 Å². The molecule has 1 saturated heterocycles. The van der Waals surface area contributed by atoms with E-state index >= 15 is 0 Å². The van der Waals surface area contributed by atoms with Crippen molar-refractivity contribution in [2.45, 2.75) is 46.0 Å². The Morgan fingerprint density at radius 3 is 2.37 bits per heavy atom. The van der Waals surface area contributed by atoms with Crippen molar-refractivity contribution in [3.05, 3.63) is 34.9 Å². The van der Waals surface area contributed by atoms with Crippen molar-refractivity contribution in [2.24, 2.45) is 11.1 Å².